The van der Waals surface area contributed by atoms with Crippen molar-refractivity contribution in [2.24, 2.45) is 62.6 Å². The molecular formula is C43H71N5O5. The number of amides is 1. The van der Waals surface area contributed by atoms with E-state index in [1.54, 1.807) is 7.05 Å². The molecule has 0 spiro atoms. The molecule has 1 unspecified atom stereocenters. The number of carbonyl (C=O) groups is 2. The number of rotatable bonds is 12. The van der Waals surface area contributed by atoms with Crippen LogP contribution in [0.2, 0.25) is 0 Å². The lowest BCUT2D eigenvalue weighted by Crippen LogP contribution is -2.69. The molecule has 2 bridgehead atoms. The normalized spacial score (nSPS) is 41.1. The predicted octanol–water partition coefficient (Wildman–Crippen LogP) is 7.57. The summed E-state index contributed by atoms with van der Waals surface area (Å²) >= 11 is 0. The Balaban J connectivity index is 1.46. The lowest BCUT2D eigenvalue weighted by atomic mass is 9.34. The maximum absolute atomic E-state index is 13.5. The van der Waals surface area contributed by atoms with Crippen molar-refractivity contribution in [1.29, 1.82) is 0 Å². The molecule has 2 heterocycles. The maximum Gasteiger partial charge on any atom is 0.307 e. The molecule has 4 fully saturated rings. The summed E-state index contributed by atoms with van der Waals surface area (Å²) in [6, 6.07) is -0.244. The van der Waals surface area contributed by atoms with E-state index < -0.39 is 17.3 Å². The minimum absolute atomic E-state index is 0.183. The molecule has 298 valence electrons. The molecule has 53 heavy (non-hydrogen) atoms. The number of aromatic nitrogens is 3. The molecule has 1 saturated heterocycles. The first-order chi connectivity index (χ1) is 24.8. The minimum Gasteiger partial charge on any atom is -0.481 e. The van der Waals surface area contributed by atoms with E-state index in [2.05, 4.69) is 97.9 Å². The molecule has 3 saturated carbocycles. The van der Waals surface area contributed by atoms with Crippen LogP contribution < -0.4 is 10.6 Å². The Morgan fingerprint density at radius 2 is 1.81 bits per heavy atom. The molecule has 1 aromatic rings. The van der Waals surface area contributed by atoms with Crippen LogP contribution in [-0.4, -0.2) is 76.8 Å². The number of nitrogens with one attached hydrogen (secondary N) is 2. The van der Waals surface area contributed by atoms with E-state index in [-0.39, 0.29) is 51.2 Å². The van der Waals surface area contributed by atoms with Gasteiger partial charge in [-0.05, 0) is 104 Å². The van der Waals surface area contributed by atoms with Crippen LogP contribution in [-0.2, 0) is 14.3 Å². The number of nitrogens with zero attached hydrogens (tertiary/aromatic N) is 3. The van der Waals surface area contributed by atoms with Gasteiger partial charge < -0.3 is 25.2 Å². The van der Waals surface area contributed by atoms with E-state index in [1.165, 1.54) is 11.9 Å². The van der Waals surface area contributed by atoms with Crippen molar-refractivity contribution in [3.05, 3.63) is 23.8 Å². The number of allylic oxidation sites excluding steroid dienone is 1. The quantitative estimate of drug-likeness (QED) is 0.188. The third-order valence-electron chi connectivity index (χ3n) is 17.0. The van der Waals surface area contributed by atoms with Gasteiger partial charge in [-0.2, -0.15) is 5.10 Å². The maximum atomic E-state index is 13.5. The zero-order chi connectivity index (χ0) is 38.9. The predicted molar refractivity (Wildman–Crippen MR) is 207 cm³/mol. The van der Waals surface area contributed by atoms with Gasteiger partial charge in [-0.1, -0.05) is 80.9 Å². The molecule has 10 nitrogen and oxygen atoms in total. The van der Waals surface area contributed by atoms with E-state index in [4.69, 9.17) is 14.6 Å². The van der Waals surface area contributed by atoms with Gasteiger partial charge in [0.05, 0.1) is 37.9 Å². The molecule has 6 rings (SSSR count). The summed E-state index contributed by atoms with van der Waals surface area (Å²) in [5, 5.41) is 22.5. The van der Waals surface area contributed by atoms with Gasteiger partial charge >= 0.3 is 5.97 Å². The molecule has 3 N–H and O–H groups in total. The van der Waals surface area contributed by atoms with Gasteiger partial charge in [-0.25, -0.2) is 9.67 Å². The summed E-state index contributed by atoms with van der Waals surface area (Å²) in [5.41, 5.74) is -0.284. The first-order valence-corrected chi connectivity index (χ1v) is 20.8. The number of ether oxygens (including phenoxy) is 2. The average Bonchev–Trinajstić information content (AvgIpc) is 3.59. The topological polar surface area (TPSA) is 128 Å². The lowest BCUT2D eigenvalue weighted by molar-refractivity contribution is -0.253. The Hall–Kier alpha value is -2.30. The third kappa shape index (κ3) is 5.88. The van der Waals surface area contributed by atoms with E-state index in [1.807, 2.05) is 4.68 Å². The molecule has 12 atom stereocenters. The number of carboxylic acids is 1. The summed E-state index contributed by atoms with van der Waals surface area (Å²) in [4.78, 5) is 31.3. The monoisotopic (exact) mass is 738 g/mol. The van der Waals surface area contributed by atoms with Gasteiger partial charge in [-0.15, -0.1) is 0 Å². The zero-order valence-corrected chi connectivity index (χ0v) is 35.0. The molecule has 1 amide bonds. The van der Waals surface area contributed by atoms with E-state index in [0.29, 0.717) is 49.3 Å². The second-order valence-corrected chi connectivity index (χ2v) is 20.0. The molecule has 5 aliphatic rings. The third-order valence-corrected chi connectivity index (χ3v) is 17.0. The smallest absolute Gasteiger partial charge is 0.307 e. The summed E-state index contributed by atoms with van der Waals surface area (Å²) in [6.45, 7) is 27.7. The first-order valence-electron chi connectivity index (χ1n) is 20.8. The lowest BCUT2D eigenvalue weighted by Gasteiger charge is -2.71. The van der Waals surface area contributed by atoms with Crippen LogP contribution in [0, 0.1) is 62.6 Å². The molecule has 0 aromatic carbocycles. The molecular weight excluding hydrogens is 667 g/mol. The first kappa shape index (κ1) is 40.4. The molecule has 1 aromatic heterocycles. The second kappa shape index (κ2) is 14.0. The number of hydrogen-bond donors (Lipinski definition) is 3. The summed E-state index contributed by atoms with van der Waals surface area (Å²) < 4.78 is 15.9. The van der Waals surface area contributed by atoms with Crippen LogP contribution in [0.25, 0.3) is 0 Å². The highest BCUT2D eigenvalue weighted by Crippen LogP contribution is 2.75. The number of carbonyl (C=O) groups excluding carboxylic acids is 1. The van der Waals surface area contributed by atoms with Crippen LogP contribution in [0.3, 0.4) is 0 Å². The summed E-state index contributed by atoms with van der Waals surface area (Å²) in [6.07, 6.45) is 10.2. The van der Waals surface area contributed by atoms with E-state index >= 15 is 0 Å². The van der Waals surface area contributed by atoms with Crippen LogP contribution in [0.1, 0.15) is 138 Å². The van der Waals surface area contributed by atoms with Crippen molar-refractivity contribution in [1.82, 2.24) is 25.4 Å². The van der Waals surface area contributed by atoms with Crippen molar-refractivity contribution >= 4 is 11.9 Å². The number of hydrogen-bond acceptors (Lipinski definition) is 7. The van der Waals surface area contributed by atoms with Gasteiger partial charge in [0.1, 0.15) is 6.33 Å². The Labute approximate surface area is 319 Å². The number of carboxylic acid groups (broad SMARTS) is 1. The van der Waals surface area contributed by atoms with Crippen molar-refractivity contribution in [2.45, 2.75) is 139 Å². The minimum atomic E-state index is -0.641. The zero-order valence-electron chi connectivity index (χ0n) is 35.0. The van der Waals surface area contributed by atoms with Gasteiger partial charge in [-0.3, -0.25) is 9.59 Å². The Morgan fingerprint density at radius 3 is 2.43 bits per heavy atom. The number of aliphatic carboxylic acids is 1. The fourth-order valence-electron chi connectivity index (χ4n) is 13.0. The highest BCUT2D eigenvalue weighted by molar-refractivity contribution is 5.90. The standard InChI is InChI=1S/C43H71N5O5/c1-13-20-46-42(11,27(4)5)23-53-34-31(48-35(36(49)44-12)45-25-47-48)21-43-24-52-22-39(34,8)32(43)15-14-29-30(43)16-17-41(10)33(37(50)51)38(7,28(6)26(2)3)18-19-40(29,41)9/h16,25-29,31-34,46H,13-15,17-24H2,1-12H3,(H,44,49)(H,50,51)/t28-,29+,31-,32+,33-,34+,38-,39+,40-,41+,42+,43?/m1/s1. The largest absolute Gasteiger partial charge is 0.481 e. The molecule has 10 heteroatoms. The van der Waals surface area contributed by atoms with Gasteiger partial charge in [0.25, 0.3) is 5.91 Å². The highest BCUT2D eigenvalue weighted by Gasteiger charge is 2.72. The van der Waals surface area contributed by atoms with E-state index in [0.717, 1.165) is 51.5 Å². The van der Waals surface area contributed by atoms with Crippen LogP contribution >= 0.6 is 0 Å². The molecule has 1 aliphatic heterocycles. The fourth-order valence-corrected chi connectivity index (χ4v) is 13.0. The Morgan fingerprint density at radius 1 is 1.09 bits per heavy atom. The SMILES string of the molecule is CCCN[C@@](C)(CO[C@H]1[C@H](n2ncnc2C(=O)NC)CC23COC[C@@]1(C)[C@@H]2CC[C@H]1C3=CC[C@@]2(C)[C@H](C(=O)O)[C@@](C)([C@H](C)C(C)C)CC[C@]12C)C(C)C. The van der Waals surface area contributed by atoms with Gasteiger partial charge in [0, 0.05) is 23.4 Å². The summed E-state index contributed by atoms with van der Waals surface area (Å²) in [5.74, 6) is 0.564. The number of fused-ring (bicyclic) bond motifs is 3. The van der Waals surface area contributed by atoms with E-state index in [9.17, 15) is 14.7 Å². The molecule has 0 radical (unpaired) electrons. The van der Waals surface area contributed by atoms with Gasteiger partial charge in [0.2, 0.25) is 5.82 Å². The van der Waals surface area contributed by atoms with Gasteiger partial charge in [0.15, 0.2) is 0 Å². The second-order valence-electron chi connectivity index (χ2n) is 20.0. The average molecular weight is 738 g/mol. The molecule has 4 aliphatic carbocycles. The van der Waals surface area contributed by atoms with Crippen molar-refractivity contribution in [2.75, 3.05) is 33.4 Å². The van der Waals surface area contributed by atoms with Crippen molar-refractivity contribution in [3.8, 4) is 0 Å². The van der Waals surface area contributed by atoms with Crippen LogP contribution in [0.4, 0.5) is 0 Å². The Bertz CT molecular complexity index is 1570. The highest BCUT2D eigenvalue weighted by atomic mass is 16.5. The summed E-state index contributed by atoms with van der Waals surface area (Å²) in [7, 11) is 1.64. The van der Waals surface area contributed by atoms with Crippen LogP contribution in [0.5, 0.6) is 0 Å². The van der Waals surface area contributed by atoms with Crippen LogP contribution in [0.15, 0.2) is 18.0 Å². The fraction of sp³-hybridized carbons (Fsp3) is 0.860. The Kier molecular flexibility index (Phi) is 10.7. The van der Waals surface area contributed by atoms with Crippen molar-refractivity contribution in [3.63, 3.8) is 0 Å². The van der Waals surface area contributed by atoms with Crippen molar-refractivity contribution < 1.29 is 24.2 Å².